The fourth-order valence-electron chi connectivity index (χ4n) is 1.88. The standard InChI is InChI=1S/C13H15NO4/c1-8(15)14-6-5-9-7-18-10-3-4-11(17-2)13(16)12(9)10/h3-4,7,16H,5-6H2,1-2H3,(H,14,15). The molecule has 1 heterocycles. The van der Waals surface area contributed by atoms with Crippen molar-refractivity contribution in [1.29, 1.82) is 0 Å². The summed E-state index contributed by atoms with van der Waals surface area (Å²) in [5, 5.41) is 13.4. The van der Waals surface area contributed by atoms with E-state index in [1.807, 2.05) is 0 Å². The zero-order valence-electron chi connectivity index (χ0n) is 10.3. The minimum atomic E-state index is -0.0791. The molecule has 1 aromatic heterocycles. The molecule has 0 saturated heterocycles. The van der Waals surface area contributed by atoms with Crippen molar-refractivity contribution in [2.75, 3.05) is 13.7 Å². The summed E-state index contributed by atoms with van der Waals surface area (Å²) in [5.74, 6) is 0.399. The molecule has 0 aliphatic carbocycles. The molecule has 18 heavy (non-hydrogen) atoms. The first-order valence-corrected chi connectivity index (χ1v) is 5.64. The Morgan fingerprint density at radius 3 is 2.94 bits per heavy atom. The Bertz CT molecular complexity index is 574. The molecule has 5 nitrogen and oxygen atoms in total. The number of carbonyl (C=O) groups excluding carboxylic acids is 1. The van der Waals surface area contributed by atoms with E-state index in [9.17, 15) is 9.90 Å². The number of methoxy groups -OCH3 is 1. The summed E-state index contributed by atoms with van der Waals surface area (Å²) in [7, 11) is 1.50. The first-order valence-electron chi connectivity index (χ1n) is 5.64. The van der Waals surface area contributed by atoms with E-state index < -0.39 is 0 Å². The maximum Gasteiger partial charge on any atom is 0.216 e. The van der Waals surface area contributed by atoms with Gasteiger partial charge >= 0.3 is 0 Å². The van der Waals surface area contributed by atoms with E-state index in [2.05, 4.69) is 5.32 Å². The van der Waals surface area contributed by atoms with Gasteiger partial charge in [0.15, 0.2) is 11.5 Å². The van der Waals surface area contributed by atoms with Gasteiger partial charge in [-0.15, -0.1) is 0 Å². The molecule has 2 N–H and O–H groups in total. The normalized spacial score (nSPS) is 10.6. The van der Waals surface area contributed by atoms with Gasteiger partial charge in [-0.2, -0.15) is 0 Å². The number of hydrogen-bond acceptors (Lipinski definition) is 4. The Balaban J connectivity index is 2.30. The van der Waals surface area contributed by atoms with E-state index in [-0.39, 0.29) is 11.7 Å². The number of fused-ring (bicyclic) bond motifs is 1. The van der Waals surface area contributed by atoms with E-state index in [4.69, 9.17) is 9.15 Å². The third kappa shape index (κ3) is 2.25. The van der Waals surface area contributed by atoms with Crippen molar-refractivity contribution < 1.29 is 19.1 Å². The first-order chi connectivity index (χ1) is 8.63. The van der Waals surface area contributed by atoms with Gasteiger partial charge in [-0.3, -0.25) is 4.79 Å². The lowest BCUT2D eigenvalue weighted by Crippen LogP contribution is -2.22. The molecule has 0 aliphatic rings. The molecule has 0 bridgehead atoms. The highest BCUT2D eigenvalue weighted by atomic mass is 16.5. The lowest BCUT2D eigenvalue weighted by Gasteiger charge is -2.05. The molecule has 96 valence electrons. The smallest absolute Gasteiger partial charge is 0.216 e. The van der Waals surface area contributed by atoms with Crippen LogP contribution in [0.2, 0.25) is 0 Å². The number of furan rings is 1. The number of benzene rings is 1. The molecular weight excluding hydrogens is 234 g/mol. The lowest BCUT2D eigenvalue weighted by molar-refractivity contribution is -0.118. The highest BCUT2D eigenvalue weighted by molar-refractivity contribution is 5.89. The highest BCUT2D eigenvalue weighted by Gasteiger charge is 2.14. The Morgan fingerprint density at radius 2 is 2.28 bits per heavy atom. The van der Waals surface area contributed by atoms with Crippen molar-refractivity contribution in [3.05, 3.63) is 24.0 Å². The SMILES string of the molecule is COc1ccc2occ(CCNC(C)=O)c2c1O. The summed E-state index contributed by atoms with van der Waals surface area (Å²) >= 11 is 0. The van der Waals surface area contributed by atoms with Crippen LogP contribution >= 0.6 is 0 Å². The van der Waals surface area contributed by atoms with Crippen molar-refractivity contribution in [1.82, 2.24) is 5.32 Å². The number of phenols is 1. The van der Waals surface area contributed by atoms with Crippen molar-refractivity contribution in [2.24, 2.45) is 0 Å². The van der Waals surface area contributed by atoms with Crippen LogP contribution in [0, 0.1) is 0 Å². The van der Waals surface area contributed by atoms with Crippen LogP contribution in [0.4, 0.5) is 0 Å². The van der Waals surface area contributed by atoms with Crippen LogP contribution in [0.3, 0.4) is 0 Å². The minimum Gasteiger partial charge on any atom is -0.504 e. The Morgan fingerprint density at radius 1 is 1.50 bits per heavy atom. The van der Waals surface area contributed by atoms with Crippen LogP contribution in [-0.2, 0) is 11.2 Å². The first kappa shape index (κ1) is 12.3. The van der Waals surface area contributed by atoms with Gasteiger partial charge in [0, 0.05) is 19.0 Å². The molecule has 0 spiro atoms. The molecule has 2 aromatic rings. The van der Waals surface area contributed by atoms with Gasteiger partial charge in [0.2, 0.25) is 5.91 Å². The topological polar surface area (TPSA) is 71.7 Å². The summed E-state index contributed by atoms with van der Waals surface area (Å²) in [4.78, 5) is 10.8. The van der Waals surface area contributed by atoms with E-state index in [1.54, 1.807) is 18.4 Å². The second kappa shape index (κ2) is 5.00. The van der Waals surface area contributed by atoms with E-state index in [1.165, 1.54) is 14.0 Å². The molecule has 1 amide bonds. The fourth-order valence-corrected chi connectivity index (χ4v) is 1.88. The number of rotatable bonds is 4. The summed E-state index contributed by atoms with van der Waals surface area (Å²) in [6.45, 7) is 1.97. The van der Waals surface area contributed by atoms with E-state index in [0.717, 1.165) is 5.56 Å². The average molecular weight is 249 g/mol. The van der Waals surface area contributed by atoms with Crippen LogP contribution in [0.1, 0.15) is 12.5 Å². The molecular formula is C13H15NO4. The van der Waals surface area contributed by atoms with Gasteiger partial charge in [0.25, 0.3) is 0 Å². The molecule has 0 fully saturated rings. The van der Waals surface area contributed by atoms with Gasteiger partial charge in [-0.1, -0.05) is 0 Å². The zero-order valence-corrected chi connectivity index (χ0v) is 10.3. The van der Waals surface area contributed by atoms with Crippen LogP contribution < -0.4 is 10.1 Å². The van der Waals surface area contributed by atoms with Crippen LogP contribution in [0.15, 0.2) is 22.8 Å². The van der Waals surface area contributed by atoms with Gasteiger partial charge < -0.3 is 19.6 Å². The summed E-state index contributed by atoms with van der Waals surface area (Å²) in [6, 6.07) is 3.40. The largest absolute Gasteiger partial charge is 0.504 e. The number of nitrogens with one attached hydrogen (secondary N) is 1. The zero-order chi connectivity index (χ0) is 13.1. The fraction of sp³-hybridized carbons (Fsp3) is 0.308. The van der Waals surface area contributed by atoms with Gasteiger partial charge in [0.05, 0.1) is 18.8 Å². The predicted molar refractivity (Wildman–Crippen MR) is 66.8 cm³/mol. The highest BCUT2D eigenvalue weighted by Crippen LogP contribution is 2.37. The van der Waals surface area contributed by atoms with Crippen molar-refractivity contribution in [3.63, 3.8) is 0 Å². The Kier molecular flexibility index (Phi) is 3.41. The number of phenolic OH excluding ortho intramolecular Hbond substituents is 1. The number of hydrogen-bond donors (Lipinski definition) is 2. The third-order valence-electron chi connectivity index (χ3n) is 2.74. The Labute approximate surface area is 104 Å². The van der Waals surface area contributed by atoms with Gasteiger partial charge in [0.1, 0.15) is 5.58 Å². The van der Waals surface area contributed by atoms with Gasteiger partial charge in [-0.05, 0) is 18.6 Å². The molecule has 0 aliphatic heterocycles. The third-order valence-corrected chi connectivity index (χ3v) is 2.74. The molecule has 0 atom stereocenters. The second-order valence-electron chi connectivity index (χ2n) is 3.98. The average Bonchev–Trinajstić information content (AvgIpc) is 2.73. The molecule has 5 heteroatoms. The van der Waals surface area contributed by atoms with E-state index in [0.29, 0.717) is 29.7 Å². The number of aromatic hydroxyl groups is 1. The monoisotopic (exact) mass is 249 g/mol. The molecule has 0 saturated carbocycles. The van der Waals surface area contributed by atoms with Crippen molar-refractivity contribution >= 4 is 16.9 Å². The number of amides is 1. The Hall–Kier alpha value is -2.17. The summed E-state index contributed by atoms with van der Waals surface area (Å²) in [6.07, 6.45) is 2.18. The van der Waals surface area contributed by atoms with Crippen molar-refractivity contribution in [2.45, 2.75) is 13.3 Å². The quantitative estimate of drug-likeness (QED) is 0.867. The van der Waals surface area contributed by atoms with Crippen molar-refractivity contribution in [3.8, 4) is 11.5 Å². The molecule has 2 rings (SSSR count). The minimum absolute atomic E-state index is 0.0709. The maximum absolute atomic E-state index is 10.8. The maximum atomic E-state index is 10.8. The molecule has 0 unspecified atom stereocenters. The number of carbonyl (C=O) groups is 1. The van der Waals surface area contributed by atoms with E-state index >= 15 is 0 Å². The molecule has 1 aromatic carbocycles. The number of ether oxygens (including phenoxy) is 1. The van der Waals surface area contributed by atoms with Crippen LogP contribution in [0.25, 0.3) is 11.0 Å². The molecule has 0 radical (unpaired) electrons. The van der Waals surface area contributed by atoms with Crippen LogP contribution in [-0.4, -0.2) is 24.7 Å². The second-order valence-corrected chi connectivity index (χ2v) is 3.98. The summed E-state index contributed by atoms with van der Waals surface area (Å²) < 4.78 is 10.4. The van der Waals surface area contributed by atoms with Gasteiger partial charge in [-0.25, -0.2) is 0 Å². The summed E-state index contributed by atoms with van der Waals surface area (Å²) in [5.41, 5.74) is 1.45. The predicted octanol–water partition coefficient (Wildman–Crippen LogP) is 1.83. The lowest BCUT2D eigenvalue weighted by atomic mass is 10.1. The van der Waals surface area contributed by atoms with Crippen LogP contribution in [0.5, 0.6) is 11.5 Å².